The van der Waals surface area contributed by atoms with Crippen molar-refractivity contribution in [3.8, 4) is 0 Å². The van der Waals surface area contributed by atoms with E-state index in [2.05, 4.69) is 5.10 Å². The summed E-state index contributed by atoms with van der Waals surface area (Å²) in [6.45, 7) is 1.39. The molecule has 76 valence electrons. The van der Waals surface area contributed by atoms with Gasteiger partial charge in [-0.3, -0.25) is 14.8 Å². The predicted molar refractivity (Wildman–Crippen MR) is 47.9 cm³/mol. The van der Waals surface area contributed by atoms with Gasteiger partial charge in [0.05, 0.1) is 17.6 Å². The van der Waals surface area contributed by atoms with Crippen LogP contribution in [0, 0.1) is 10.1 Å². The molecule has 0 N–H and O–H groups in total. The van der Waals surface area contributed by atoms with E-state index in [1.54, 1.807) is 4.68 Å². The quantitative estimate of drug-likeness (QED) is 0.534. The van der Waals surface area contributed by atoms with Crippen LogP contribution in [0.25, 0.3) is 0 Å². The fourth-order valence-electron chi connectivity index (χ4n) is 1.54. The summed E-state index contributed by atoms with van der Waals surface area (Å²) in [7, 11) is 0. The minimum Gasteiger partial charge on any atom is -0.376 e. The van der Waals surface area contributed by atoms with Crippen molar-refractivity contribution in [3.05, 3.63) is 22.5 Å². The van der Waals surface area contributed by atoms with Gasteiger partial charge in [-0.1, -0.05) is 0 Å². The lowest BCUT2D eigenvalue weighted by molar-refractivity contribution is -0.385. The van der Waals surface area contributed by atoms with Gasteiger partial charge in [-0.05, 0) is 12.8 Å². The fourth-order valence-corrected chi connectivity index (χ4v) is 1.54. The Hall–Kier alpha value is -1.43. The van der Waals surface area contributed by atoms with Gasteiger partial charge in [0, 0.05) is 6.61 Å². The Bertz CT molecular complexity index is 330. The smallest absolute Gasteiger partial charge is 0.306 e. The number of rotatable bonds is 3. The highest BCUT2D eigenvalue weighted by Gasteiger charge is 2.17. The van der Waals surface area contributed by atoms with E-state index in [9.17, 15) is 10.1 Å². The van der Waals surface area contributed by atoms with Gasteiger partial charge in [-0.15, -0.1) is 0 Å². The van der Waals surface area contributed by atoms with Gasteiger partial charge in [-0.2, -0.15) is 5.10 Å². The van der Waals surface area contributed by atoms with Crippen LogP contribution >= 0.6 is 0 Å². The molecular weight excluding hydrogens is 186 g/mol. The summed E-state index contributed by atoms with van der Waals surface area (Å²) in [5, 5.41) is 14.3. The lowest BCUT2D eigenvalue weighted by atomic mass is 10.2. The van der Waals surface area contributed by atoms with Crippen LogP contribution in [0.3, 0.4) is 0 Å². The normalized spacial score (nSPS) is 21.3. The maximum absolute atomic E-state index is 10.4. The second kappa shape index (κ2) is 3.75. The molecule has 2 heterocycles. The largest absolute Gasteiger partial charge is 0.376 e. The molecular formula is C8H11N3O3. The molecule has 0 bridgehead atoms. The summed E-state index contributed by atoms with van der Waals surface area (Å²) < 4.78 is 6.96. The third-order valence-electron chi connectivity index (χ3n) is 2.25. The van der Waals surface area contributed by atoms with Crippen LogP contribution in [0.2, 0.25) is 0 Å². The molecule has 0 aliphatic carbocycles. The summed E-state index contributed by atoms with van der Waals surface area (Å²) in [6.07, 6.45) is 4.92. The zero-order chi connectivity index (χ0) is 9.97. The highest BCUT2D eigenvalue weighted by Crippen LogP contribution is 2.15. The molecule has 14 heavy (non-hydrogen) atoms. The molecule has 0 amide bonds. The first kappa shape index (κ1) is 9.14. The van der Waals surface area contributed by atoms with Crippen molar-refractivity contribution in [1.29, 1.82) is 0 Å². The average molecular weight is 197 g/mol. The van der Waals surface area contributed by atoms with E-state index in [1.807, 2.05) is 0 Å². The van der Waals surface area contributed by atoms with Gasteiger partial charge < -0.3 is 4.74 Å². The van der Waals surface area contributed by atoms with Crippen LogP contribution in [0.1, 0.15) is 12.8 Å². The number of aromatic nitrogens is 2. The van der Waals surface area contributed by atoms with Crippen molar-refractivity contribution in [2.75, 3.05) is 6.61 Å². The molecule has 0 saturated carbocycles. The van der Waals surface area contributed by atoms with Crippen LogP contribution in [0.4, 0.5) is 5.69 Å². The van der Waals surface area contributed by atoms with Crippen LogP contribution in [-0.2, 0) is 11.3 Å². The highest BCUT2D eigenvalue weighted by molar-refractivity contribution is 5.20. The molecule has 6 heteroatoms. The third kappa shape index (κ3) is 1.90. The van der Waals surface area contributed by atoms with Crippen molar-refractivity contribution >= 4 is 5.69 Å². The summed E-state index contributed by atoms with van der Waals surface area (Å²) in [4.78, 5) is 9.93. The number of ether oxygens (including phenoxy) is 1. The molecule has 1 aromatic heterocycles. The highest BCUT2D eigenvalue weighted by atomic mass is 16.6. The molecule has 1 fully saturated rings. The third-order valence-corrected chi connectivity index (χ3v) is 2.25. The first-order valence-electron chi connectivity index (χ1n) is 4.54. The van der Waals surface area contributed by atoms with E-state index in [0.717, 1.165) is 19.4 Å². The van der Waals surface area contributed by atoms with Crippen LogP contribution in [0.15, 0.2) is 12.4 Å². The van der Waals surface area contributed by atoms with Crippen LogP contribution in [-0.4, -0.2) is 27.4 Å². The van der Waals surface area contributed by atoms with Crippen molar-refractivity contribution in [3.63, 3.8) is 0 Å². The van der Waals surface area contributed by atoms with Crippen molar-refractivity contribution < 1.29 is 9.66 Å². The van der Waals surface area contributed by atoms with Gasteiger partial charge in [0.15, 0.2) is 0 Å². The standard InChI is InChI=1S/C8H11N3O3/c12-11(13)7-4-9-10(5-7)6-8-2-1-3-14-8/h4-5,8H,1-3,6H2/t8-/m0/s1. The summed E-state index contributed by atoms with van der Waals surface area (Å²) >= 11 is 0. The molecule has 1 saturated heterocycles. The molecule has 1 atom stereocenters. The molecule has 1 aliphatic heterocycles. The van der Waals surface area contributed by atoms with E-state index in [0.29, 0.717) is 6.54 Å². The molecule has 2 rings (SSSR count). The van der Waals surface area contributed by atoms with E-state index >= 15 is 0 Å². The van der Waals surface area contributed by atoms with E-state index in [1.165, 1.54) is 12.4 Å². The lowest BCUT2D eigenvalue weighted by Gasteiger charge is -2.07. The van der Waals surface area contributed by atoms with E-state index in [4.69, 9.17) is 4.74 Å². The Labute approximate surface area is 80.6 Å². The lowest BCUT2D eigenvalue weighted by Crippen LogP contribution is -2.15. The fraction of sp³-hybridized carbons (Fsp3) is 0.625. The van der Waals surface area contributed by atoms with Crippen molar-refractivity contribution in [2.24, 2.45) is 0 Å². The zero-order valence-electron chi connectivity index (χ0n) is 7.63. The van der Waals surface area contributed by atoms with E-state index in [-0.39, 0.29) is 11.8 Å². The second-order valence-corrected chi connectivity index (χ2v) is 3.31. The molecule has 1 aromatic rings. The predicted octanol–water partition coefficient (Wildman–Crippen LogP) is 0.970. The summed E-state index contributed by atoms with van der Waals surface area (Å²) in [5.41, 5.74) is 0.0306. The molecule has 1 aliphatic rings. The second-order valence-electron chi connectivity index (χ2n) is 3.31. The first-order chi connectivity index (χ1) is 6.75. The van der Waals surface area contributed by atoms with Gasteiger partial charge >= 0.3 is 5.69 Å². The average Bonchev–Trinajstić information content (AvgIpc) is 2.75. The van der Waals surface area contributed by atoms with Gasteiger partial charge in [0.25, 0.3) is 0 Å². The molecule has 0 radical (unpaired) electrons. The number of nitrogens with zero attached hydrogens (tertiary/aromatic N) is 3. The zero-order valence-corrected chi connectivity index (χ0v) is 7.63. The molecule has 6 nitrogen and oxygen atoms in total. The number of nitro groups is 1. The minimum absolute atomic E-state index is 0.0306. The molecule has 0 aromatic carbocycles. The Kier molecular flexibility index (Phi) is 2.45. The number of hydrogen-bond donors (Lipinski definition) is 0. The SMILES string of the molecule is O=[N+]([O-])c1cnn(C[C@@H]2CCCO2)c1. The van der Waals surface area contributed by atoms with Crippen molar-refractivity contribution in [2.45, 2.75) is 25.5 Å². The monoisotopic (exact) mass is 197 g/mol. The summed E-state index contributed by atoms with van der Waals surface area (Å²) in [6, 6.07) is 0. The van der Waals surface area contributed by atoms with Gasteiger partial charge in [-0.25, -0.2) is 0 Å². The first-order valence-corrected chi connectivity index (χ1v) is 4.54. The van der Waals surface area contributed by atoms with Crippen LogP contribution < -0.4 is 0 Å². The van der Waals surface area contributed by atoms with Gasteiger partial charge in [0.1, 0.15) is 12.4 Å². The Balaban J connectivity index is 1.98. The van der Waals surface area contributed by atoms with Gasteiger partial charge in [0.2, 0.25) is 0 Å². The maximum atomic E-state index is 10.4. The number of hydrogen-bond acceptors (Lipinski definition) is 4. The molecule has 0 unspecified atom stereocenters. The van der Waals surface area contributed by atoms with Crippen LogP contribution in [0.5, 0.6) is 0 Å². The summed E-state index contributed by atoms with van der Waals surface area (Å²) in [5.74, 6) is 0. The Morgan fingerprint density at radius 3 is 3.21 bits per heavy atom. The van der Waals surface area contributed by atoms with Crippen molar-refractivity contribution in [1.82, 2.24) is 9.78 Å². The Morgan fingerprint density at radius 2 is 2.64 bits per heavy atom. The van der Waals surface area contributed by atoms with E-state index < -0.39 is 4.92 Å². The topological polar surface area (TPSA) is 70.2 Å². The molecule has 0 spiro atoms. The Morgan fingerprint density at radius 1 is 1.79 bits per heavy atom. The maximum Gasteiger partial charge on any atom is 0.306 e. The minimum atomic E-state index is -0.445.